The Bertz CT molecular complexity index is 2540. The van der Waals surface area contributed by atoms with Crippen LogP contribution >= 0.6 is 0 Å². The van der Waals surface area contributed by atoms with Gasteiger partial charge in [-0.3, -0.25) is 38.4 Å². The molecule has 16 nitrogen and oxygen atoms in total. The molecule has 9 rings (SSSR count). The SMILES string of the molecule is CC[C@@H](C)C(=O)NC(C(=O)N1C[C@@H](NC(=O)c2ccc(C(=O)N[C@H]3C[C@@H](C(=O)N[C@@H]4CCCc5ccccc54)N(C(=O)[C@@H](CC(=O)[C@H](C)NC)C4CCCCC4)C3)cc2)C[C@H]1C(=O)N[C@@H]1CCCc2ccccc21)C1CCCCC1. The number of carbonyl (C=O) groups is 8. The van der Waals surface area contributed by atoms with E-state index in [2.05, 4.69) is 44.0 Å². The van der Waals surface area contributed by atoms with Crippen molar-refractivity contribution in [1.82, 2.24) is 41.7 Å². The van der Waals surface area contributed by atoms with Crippen LogP contribution in [-0.2, 0) is 41.6 Å². The number of hydrogen-bond acceptors (Lipinski definition) is 9. The van der Waals surface area contributed by atoms with E-state index in [0.29, 0.717) is 6.42 Å². The molecule has 2 heterocycles. The van der Waals surface area contributed by atoms with E-state index >= 15 is 0 Å². The molecule has 7 amide bonds. The van der Waals surface area contributed by atoms with E-state index in [1.807, 2.05) is 50.2 Å². The Morgan fingerprint density at radius 2 is 1.01 bits per heavy atom. The number of amides is 7. The van der Waals surface area contributed by atoms with Crippen LogP contribution < -0.4 is 31.9 Å². The number of fused-ring (bicyclic) bond motifs is 2. The highest BCUT2D eigenvalue weighted by Gasteiger charge is 2.47. The van der Waals surface area contributed by atoms with Gasteiger partial charge in [-0.15, -0.1) is 0 Å². The molecule has 6 aliphatic rings. The molecule has 3 aromatic rings. The number of carbonyl (C=O) groups excluding carboxylic acids is 8. The Morgan fingerprint density at radius 1 is 0.550 bits per heavy atom. The summed E-state index contributed by atoms with van der Waals surface area (Å²) >= 11 is 0. The van der Waals surface area contributed by atoms with Gasteiger partial charge >= 0.3 is 0 Å². The lowest BCUT2D eigenvalue weighted by Gasteiger charge is -2.35. The lowest BCUT2D eigenvalue weighted by Crippen LogP contribution is -2.57. The molecular formula is C64H86N8O8. The summed E-state index contributed by atoms with van der Waals surface area (Å²) in [4.78, 5) is 117. The first kappa shape index (κ1) is 58.2. The van der Waals surface area contributed by atoms with Gasteiger partial charge in [-0.1, -0.05) is 101 Å². The van der Waals surface area contributed by atoms with Gasteiger partial charge in [0.1, 0.15) is 23.9 Å². The number of benzene rings is 3. The number of ketones is 1. The molecule has 430 valence electrons. The lowest BCUT2D eigenvalue weighted by molar-refractivity contribution is -0.145. The summed E-state index contributed by atoms with van der Waals surface area (Å²) < 4.78 is 0. The minimum Gasteiger partial charge on any atom is -0.347 e. The Kier molecular flexibility index (Phi) is 19.6. The van der Waals surface area contributed by atoms with E-state index < -0.39 is 54.0 Å². The lowest BCUT2D eigenvalue weighted by atomic mass is 9.76. The zero-order chi connectivity index (χ0) is 56.5. The maximum atomic E-state index is 15.0. The summed E-state index contributed by atoms with van der Waals surface area (Å²) in [6.07, 6.45) is 15.6. The Labute approximate surface area is 472 Å². The Balaban J connectivity index is 0.896. The number of likely N-dealkylation sites (tertiary alicyclic amines) is 2. The van der Waals surface area contributed by atoms with E-state index in [9.17, 15) is 38.4 Å². The molecule has 3 aromatic carbocycles. The van der Waals surface area contributed by atoms with Crippen molar-refractivity contribution in [3.05, 3.63) is 106 Å². The van der Waals surface area contributed by atoms with Gasteiger partial charge in [0, 0.05) is 54.6 Å². The molecule has 6 N–H and O–H groups in total. The van der Waals surface area contributed by atoms with Gasteiger partial charge < -0.3 is 41.7 Å². The van der Waals surface area contributed by atoms with Crippen LogP contribution in [0.15, 0.2) is 72.8 Å². The molecule has 4 aliphatic carbocycles. The first-order valence-corrected chi connectivity index (χ1v) is 30.3. The maximum Gasteiger partial charge on any atom is 0.251 e. The highest BCUT2D eigenvalue weighted by Crippen LogP contribution is 2.37. The van der Waals surface area contributed by atoms with Crippen LogP contribution in [0.4, 0.5) is 0 Å². The molecule has 2 saturated carbocycles. The van der Waals surface area contributed by atoms with Gasteiger partial charge in [-0.25, -0.2) is 0 Å². The summed E-state index contributed by atoms with van der Waals surface area (Å²) in [5.41, 5.74) is 5.10. The van der Waals surface area contributed by atoms with Crippen molar-refractivity contribution in [1.29, 1.82) is 0 Å². The van der Waals surface area contributed by atoms with Gasteiger partial charge in [-0.2, -0.15) is 0 Å². The van der Waals surface area contributed by atoms with E-state index in [-0.39, 0.29) is 109 Å². The molecule has 2 saturated heterocycles. The Hall–Kier alpha value is -6.42. The fourth-order valence-electron chi connectivity index (χ4n) is 13.8. The molecule has 2 aliphatic heterocycles. The summed E-state index contributed by atoms with van der Waals surface area (Å²) in [6, 6.07) is 17.9. The van der Waals surface area contributed by atoms with Gasteiger partial charge in [0.05, 0.1) is 18.1 Å². The molecule has 80 heavy (non-hydrogen) atoms. The first-order valence-electron chi connectivity index (χ1n) is 30.3. The molecule has 0 aromatic heterocycles. The van der Waals surface area contributed by atoms with Crippen LogP contribution in [0.3, 0.4) is 0 Å². The summed E-state index contributed by atoms with van der Waals surface area (Å²) in [7, 11) is 1.73. The number of likely N-dealkylation sites (N-methyl/N-ethyl adjacent to an activating group) is 1. The molecule has 0 bridgehead atoms. The first-order chi connectivity index (χ1) is 38.7. The van der Waals surface area contributed by atoms with Crippen molar-refractivity contribution in [3.8, 4) is 0 Å². The average molecular weight is 1100 g/mol. The molecule has 10 atom stereocenters. The normalized spacial score (nSPS) is 24.7. The van der Waals surface area contributed by atoms with Crippen LogP contribution in [0.25, 0.3) is 0 Å². The van der Waals surface area contributed by atoms with Crippen LogP contribution in [0, 0.1) is 23.7 Å². The second-order valence-electron chi connectivity index (χ2n) is 24.1. The highest BCUT2D eigenvalue weighted by molar-refractivity contribution is 5.99. The summed E-state index contributed by atoms with van der Waals surface area (Å²) in [5, 5.41) is 18.9. The van der Waals surface area contributed by atoms with Crippen molar-refractivity contribution < 1.29 is 38.4 Å². The highest BCUT2D eigenvalue weighted by atomic mass is 16.2. The number of rotatable bonds is 19. The van der Waals surface area contributed by atoms with Crippen LogP contribution in [0.5, 0.6) is 0 Å². The van der Waals surface area contributed by atoms with Crippen LogP contribution in [-0.4, -0.2) is 113 Å². The quantitative estimate of drug-likeness (QED) is 0.0707. The monoisotopic (exact) mass is 1090 g/mol. The molecule has 16 heteroatoms. The predicted molar refractivity (Wildman–Crippen MR) is 306 cm³/mol. The van der Waals surface area contributed by atoms with Crippen LogP contribution in [0.1, 0.15) is 191 Å². The third-order valence-corrected chi connectivity index (χ3v) is 18.8. The molecule has 0 spiro atoms. The van der Waals surface area contributed by atoms with Crippen molar-refractivity contribution >= 4 is 47.1 Å². The molecule has 1 unspecified atom stereocenters. The minimum atomic E-state index is -0.890. The van der Waals surface area contributed by atoms with Crippen molar-refractivity contribution in [2.24, 2.45) is 23.7 Å². The molecule has 4 fully saturated rings. The smallest absolute Gasteiger partial charge is 0.251 e. The standard InChI is InChI=1S/C64H86N8O8/c1-5-39(2)58(74)70-57(44-22-10-7-11-23-44)64(80)72-38-48(35-55(72)62(78)69-53-29-17-25-42-21-13-15-27-50(42)53)67-60(76)46-32-30-45(31-33-46)59(75)66-47-34-54(61(77)68-52-28-16-24-41-20-12-14-26-49(41)52)71(37-47)63(79)51(36-56(73)40(3)65-4)43-18-8-6-9-19-43/h12-15,20-21,26-27,30-33,39-40,43-44,47-48,51-55,57,65H,5-11,16-19,22-25,28-29,34-38H2,1-4H3,(H,66,75)(H,67,76)(H,68,77)(H,69,78)(H,70,74)/t39-,40+,47+,48+,51+,52-,53-,54+,55+,57?/m1/s1. The van der Waals surface area contributed by atoms with Crippen molar-refractivity contribution in [3.63, 3.8) is 0 Å². The number of Topliss-reactive ketones (excluding diaryl/α,β-unsaturated/α-hetero) is 1. The van der Waals surface area contributed by atoms with Gasteiger partial charge in [0.25, 0.3) is 11.8 Å². The van der Waals surface area contributed by atoms with Gasteiger partial charge in [0.15, 0.2) is 0 Å². The van der Waals surface area contributed by atoms with E-state index in [0.717, 1.165) is 114 Å². The van der Waals surface area contributed by atoms with Gasteiger partial charge in [-0.05, 0) is 156 Å². The maximum absolute atomic E-state index is 15.0. The second kappa shape index (κ2) is 26.9. The summed E-state index contributed by atoms with van der Waals surface area (Å²) in [5.74, 6) is -3.13. The van der Waals surface area contributed by atoms with Crippen molar-refractivity contribution in [2.45, 2.75) is 198 Å². The molecule has 0 radical (unpaired) electrons. The number of aryl methyl sites for hydroxylation is 2. The predicted octanol–water partition coefficient (Wildman–Crippen LogP) is 7.35. The average Bonchev–Trinajstić information content (AvgIpc) is 4.12. The minimum absolute atomic E-state index is 0.00995. The van der Waals surface area contributed by atoms with E-state index in [1.165, 1.54) is 11.1 Å². The number of nitrogens with one attached hydrogen (secondary N) is 6. The summed E-state index contributed by atoms with van der Waals surface area (Å²) in [6.45, 7) is 5.77. The van der Waals surface area contributed by atoms with E-state index in [4.69, 9.17) is 0 Å². The Morgan fingerprint density at radius 3 is 1.49 bits per heavy atom. The fraction of sp³-hybridized carbons (Fsp3) is 0.594. The number of nitrogens with zero attached hydrogens (tertiary/aromatic N) is 2. The zero-order valence-electron chi connectivity index (χ0n) is 47.6. The molecular weight excluding hydrogens is 1010 g/mol. The zero-order valence-corrected chi connectivity index (χ0v) is 47.6. The third-order valence-electron chi connectivity index (χ3n) is 18.8. The fourth-order valence-corrected chi connectivity index (χ4v) is 13.8. The van der Waals surface area contributed by atoms with Crippen LogP contribution in [0.2, 0.25) is 0 Å². The largest absolute Gasteiger partial charge is 0.347 e. The van der Waals surface area contributed by atoms with Crippen molar-refractivity contribution in [2.75, 3.05) is 20.1 Å². The third kappa shape index (κ3) is 13.7. The number of hydrogen-bond donors (Lipinski definition) is 6. The second-order valence-corrected chi connectivity index (χ2v) is 24.1. The topological polar surface area (TPSA) is 215 Å². The van der Waals surface area contributed by atoms with Gasteiger partial charge in [0.2, 0.25) is 29.5 Å². The van der Waals surface area contributed by atoms with E-state index in [1.54, 1.807) is 48.0 Å².